The molecule has 1 heterocycles. The number of rotatable bonds is 8. The van der Waals surface area contributed by atoms with Crippen LogP contribution in [-0.4, -0.2) is 39.3 Å². The van der Waals surface area contributed by atoms with Gasteiger partial charge in [-0.25, -0.2) is 13.4 Å². The topological polar surface area (TPSA) is 109 Å². The van der Waals surface area contributed by atoms with Crippen molar-refractivity contribution >= 4 is 26.6 Å². The number of ether oxygens (including phenoxy) is 3. The molecule has 0 saturated heterocycles. The third-order valence-corrected chi connectivity index (χ3v) is 6.68. The van der Waals surface area contributed by atoms with Gasteiger partial charge in [0.25, 0.3) is 5.56 Å². The molecule has 9 nitrogen and oxygen atoms in total. The summed E-state index contributed by atoms with van der Waals surface area (Å²) in [5.41, 5.74) is 1.85. The molecule has 4 aromatic rings. The molecule has 1 N–H and O–H groups in total. The van der Waals surface area contributed by atoms with Crippen LogP contribution in [0.4, 0.5) is 5.69 Å². The van der Waals surface area contributed by atoms with E-state index in [1.54, 1.807) is 61.5 Å². The van der Waals surface area contributed by atoms with Crippen molar-refractivity contribution in [2.45, 2.75) is 12.7 Å². The molecule has 0 saturated carbocycles. The number of nitrogens with one attached hydrogen (secondary N) is 1. The number of sulfonamides is 1. The molecule has 0 aliphatic carbocycles. The van der Waals surface area contributed by atoms with Crippen molar-refractivity contribution in [2.24, 2.45) is 0 Å². The summed E-state index contributed by atoms with van der Waals surface area (Å²) in [4.78, 5) is 17.5. The Morgan fingerprint density at radius 1 is 0.914 bits per heavy atom. The van der Waals surface area contributed by atoms with Crippen LogP contribution < -0.4 is 24.5 Å². The van der Waals surface area contributed by atoms with Crippen molar-refractivity contribution in [1.29, 1.82) is 0 Å². The molecule has 0 radical (unpaired) electrons. The predicted molar refractivity (Wildman–Crippen MR) is 134 cm³/mol. The summed E-state index contributed by atoms with van der Waals surface area (Å²) in [6.07, 6.45) is 0. The van der Waals surface area contributed by atoms with Gasteiger partial charge in [-0.1, -0.05) is 12.1 Å². The van der Waals surface area contributed by atoms with Gasteiger partial charge >= 0.3 is 0 Å². The van der Waals surface area contributed by atoms with Crippen LogP contribution in [0.3, 0.4) is 0 Å². The maximum absolute atomic E-state index is 13.0. The van der Waals surface area contributed by atoms with Gasteiger partial charge in [-0.05, 0) is 61.0 Å². The normalized spacial score (nSPS) is 11.3. The van der Waals surface area contributed by atoms with E-state index in [9.17, 15) is 13.2 Å². The molecule has 0 unspecified atom stereocenters. The van der Waals surface area contributed by atoms with Crippen LogP contribution in [0.5, 0.6) is 17.2 Å². The van der Waals surface area contributed by atoms with Gasteiger partial charge < -0.3 is 14.2 Å². The zero-order valence-corrected chi connectivity index (χ0v) is 20.5. The maximum Gasteiger partial charge on any atom is 0.265 e. The second-order valence-electron chi connectivity index (χ2n) is 7.76. The van der Waals surface area contributed by atoms with E-state index >= 15 is 0 Å². The zero-order valence-electron chi connectivity index (χ0n) is 19.7. The van der Waals surface area contributed by atoms with E-state index in [0.29, 0.717) is 50.9 Å². The summed E-state index contributed by atoms with van der Waals surface area (Å²) >= 11 is 0. The lowest BCUT2D eigenvalue weighted by Gasteiger charge is -2.15. The average molecular weight is 496 g/mol. The first-order chi connectivity index (χ1) is 16.8. The molecule has 0 atom stereocenters. The minimum atomic E-state index is -3.76. The molecule has 0 aliphatic heterocycles. The van der Waals surface area contributed by atoms with E-state index < -0.39 is 10.0 Å². The molecule has 0 amide bonds. The molecule has 1 aromatic heterocycles. The Balaban J connectivity index is 1.59. The van der Waals surface area contributed by atoms with Crippen molar-refractivity contribution < 1.29 is 22.6 Å². The number of hydrogen-bond acceptors (Lipinski definition) is 7. The van der Waals surface area contributed by atoms with Gasteiger partial charge in [-0.2, -0.15) is 0 Å². The minimum Gasteiger partial charge on any atom is -0.493 e. The number of benzene rings is 3. The molecule has 10 heteroatoms. The number of fused-ring (bicyclic) bond motifs is 1. The lowest BCUT2D eigenvalue weighted by molar-refractivity contribution is 0.324. The van der Waals surface area contributed by atoms with Gasteiger partial charge in [0.05, 0.1) is 43.7 Å². The predicted octanol–water partition coefficient (Wildman–Crippen LogP) is 3.66. The fraction of sp³-hybridized carbons (Fsp3) is 0.200. The highest BCUT2D eigenvalue weighted by Gasteiger charge is 2.18. The van der Waals surface area contributed by atoms with Gasteiger partial charge in [0.15, 0.2) is 11.5 Å². The van der Waals surface area contributed by atoms with Gasteiger partial charge in [-0.3, -0.25) is 14.1 Å². The zero-order chi connectivity index (χ0) is 25.2. The second-order valence-corrected chi connectivity index (χ2v) is 9.48. The quantitative estimate of drug-likeness (QED) is 0.397. The number of aryl methyl sites for hydroxylation is 1. The highest BCUT2D eigenvalue weighted by Crippen LogP contribution is 2.38. The van der Waals surface area contributed by atoms with Gasteiger partial charge in [0.1, 0.15) is 5.82 Å². The van der Waals surface area contributed by atoms with Crippen molar-refractivity contribution in [1.82, 2.24) is 9.55 Å². The number of nitrogens with zero attached hydrogens (tertiary/aromatic N) is 2. The van der Waals surface area contributed by atoms with Crippen molar-refractivity contribution in [3.05, 3.63) is 82.4 Å². The fourth-order valence-electron chi connectivity index (χ4n) is 3.88. The first-order valence-corrected chi connectivity index (χ1v) is 12.3. The molecule has 35 heavy (non-hydrogen) atoms. The molecule has 0 fully saturated rings. The molecule has 0 aliphatic rings. The molecule has 0 spiro atoms. The third-order valence-electron chi connectivity index (χ3n) is 5.42. The van der Waals surface area contributed by atoms with E-state index in [4.69, 9.17) is 14.2 Å². The van der Waals surface area contributed by atoms with Crippen LogP contribution >= 0.6 is 0 Å². The van der Waals surface area contributed by atoms with Crippen LogP contribution in [0, 0.1) is 6.92 Å². The maximum atomic E-state index is 13.0. The minimum absolute atomic E-state index is 0.191. The molecule has 4 rings (SSSR count). The Labute approximate surface area is 203 Å². The second kappa shape index (κ2) is 9.67. The van der Waals surface area contributed by atoms with Crippen molar-refractivity contribution in [3.8, 4) is 22.9 Å². The van der Waals surface area contributed by atoms with Crippen molar-refractivity contribution in [3.63, 3.8) is 0 Å². The number of aromatic nitrogens is 2. The van der Waals surface area contributed by atoms with Crippen LogP contribution in [-0.2, 0) is 15.8 Å². The molecular weight excluding hydrogens is 470 g/mol. The molecular formula is C25H25N3O6S. The first kappa shape index (κ1) is 24.1. The van der Waals surface area contributed by atoms with E-state index in [-0.39, 0.29) is 11.3 Å². The number of para-hydroxylation sites is 1. The molecule has 0 bridgehead atoms. The van der Waals surface area contributed by atoms with E-state index in [0.717, 1.165) is 0 Å². The molecule has 3 aromatic carbocycles. The number of methoxy groups -OCH3 is 3. The highest BCUT2D eigenvalue weighted by molar-refractivity contribution is 7.91. The van der Waals surface area contributed by atoms with E-state index in [1.807, 2.05) is 6.07 Å². The van der Waals surface area contributed by atoms with Crippen LogP contribution in [0.25, 0.3) is 16.6 Å². The smallest absolute Gasteiger partial charge is 0.265 e. The van der Waals surface area contributed by atoms with Gasteiger partial charge in [0.2, 0.25) is 15.8 Å². The first-order valence-electron chi connectivity index (χ1n) is 10.6. The SMILES string of the molecule is COc1cc(CS(=O)(=O)Nc2ccc(-n3c(C)nc4ccccc4c3=O)cc2)cc(OC)c1OC. The number of hydrogen-bond donors (Lipinski definition) is 1. The van der Waals surface area contributed by atoms with Crippen LogP contribution in [0.15, 0.2) is 65.5 Å². The van der Waals surface area contributed by atoms with Crippen LogP contribution in [0.2, 0.25) is 0 Å². The van der Waals surface area contributed by atoms with Gasteiger partial charge in [-0.15, -0.1) is 0 Å². The molecule has 182 valence electrons. The largest absolute Gasteiger partial charge is 0.493 e. The lowest BCUT2D eigenvalue weighted by atomic mass is 10.2. The Hall–Kier alpha value is -4.05. The highest BCUT2D eigenvalue weighted by atomic mass is 32.2. The lowest BCUT2D eigenvalue weighted by Crippen LogP contribution is -2.22. The average Bonchev–Trinajstić information content (AvgIpc) is 2.84. The summed E-state index contributed by atoms with van der Waals surface area (Å²) in [6.45, 7) is 1.75. The summed E-state index contributed by atoms with van der Waals surface area (Å²) in [5.74, 6) is 1.34. The van der Waals surface area contributed by atoms with Crippen molar-refractivity contribution in [2.75, 3.05) is 26.1 Å². The summed E-state index contributed by atoms with van der Waals surface area (Å²) < 4.78 is 45.6. The van der Waals surface area contributed by atoms with Crippen LogP contribution in [0.1, 0.15) is 11.4 Å². The standard InChI is InChI=1S/C25H25N3O6S/c1-16-26-21-8-6-5-7-20(21)25(29)28(16)19-11-9-18(10-12-19)27-35(30,31)15-17-13-22(32-2)24(34-4)23(14-17)33-3/h5-14,27H,15H2,1-4H3. The fourth-order valence-corrected chi connectivity index (χ4v) is 5.05. The number of anilines is 1. The van der Waals surface area contributed by atoms with E-state index in [1.165, 1.54) is 25.9 Å². The summed E-state index contributed by atoms with van der Waals surface area (Å²) in [5, 5.41) is 0.508. The third kappa shape index (κ3) is 4.92. The monoisotopic (exact) mass is 495 g/mol. The summed E-state index contributed by atoms with van der Waals surface area (Å²) in [6, 6.07) is 16.9. The Morgan fingerprint density at radius 2 is 1.54 bits per heavy atom. The van der Waals surface area contributed by atoms with E-state index in [2.05, 4.69) is 9.71 Å². The van der Waals surface area contributed by atoms with Gasteiger partial charge in [0, 0.05) is 5.69 Å². The Kier molecular flexibility index (Phi) is 6.65. The summed E-state index contributed by atoms with van der Waals surface area (Å²) in [7, 11) is 0.647. The Morgan fingerprint density at radius 3 is 2.14 bits per heavy atom. The Bertz CT molecular complexity index is 1520.